The number of hydrogen-bond donors (Lipinski definition) is 4. The number of aryl methyl sites for hydroxylation is 1. The Morgan fingerprint density at radius 2 is 1.69 bits per heavy atom. The van der Waals surface area contributed by atoms with E-state index in [9.17, 15) is 18.6 Å². The zero-order valence-corrected chi connectivity index (χ0v) is 25.0. The molecule has 11 heteroatoms. The molecule has 2 aromatic carbocycles. The van der Waals surface area contributed by atoms with E-state index >= 15 is 0 Å². The SMILES string of the molecule is CCCCCC[C@@H](O)c1nn(-c2ccc(S(=O)(=O)Nc3ccc(CCNC[C@H](O)c4cccnc4)cc3)cc2)nc1C. The molecule has 4 rings (SSSR count). The van der Waals surface area contributed by atoms with Crippen LogP contribution < -0.4 is 10.0 Å². The van der Waals surface area contributed by atoms with Gasteiger partial charge >= 0.3 is 0 Å². The van der Waals surface area contributed by atoms with Crippen molar-refractivity contribution in [1.82, 2.24) is 25.3 Å². The molecule has 0 spiro atoms. The molecule has 0 bridgehead atoms. The number of aliphatic hydroxyl groups excluding tert-OH is 2. The summed E-state index contributed by atoms with van der Waals surface area (Å²) in [5, 5.41) is 32.9. The molecule has 0 amide bonds. The van der Waals surface area contributed by atoms with Crippen molar-refractivity contribution in [2.45, 2.75) is 69.5 Å². The van der Waals surface area contributed by atoms with Gasteiger partial charge in [-0.15, -0.1) is 0 Å². The van der Waals surface area contributed by atoms with E-state index in [-0.39, 0.29) is 4.90 Å². The Hall–Kier alpha value is -3.64. The van der Waals surface area contributed by atoms with E-state index in [4.69, 9.17) is 0 Å². The molecular formula is C31H40N6O4S. The quantitative estimate of drug-likeness (QED) is 0.138. The minimum Gasteiger partial charge on any atom is -0.387 e. The van der Waals surface area contributed by atoms with Crippen LogP contribution in [0.25, 0.3) is 5.69 Å². The molecule has 0 fully saturated rings. The van der Waals surface area contributed by atoms with Crippen LogP contribution in [0.4, 0.5) is 5.69 Å². The van der Waals surface area contributed by atoms with Gasteiger partial charge in [-0.3, -0.25) is 9.71 Å². The Kier molecular flexibility index (Phi) is 11.2. The van der Waals surface area contributed by atoms with Gasteiger partial charge in [-0.1, -0.05) is 50.8 Å². The maximum atomic E-state index is 13.0. The van der Waals surface area contributed by atoms with Gasteiger partial charge in [-0.05, 0) is 74.3 Å². The first-order valence-electron chi connectivity index (χ1n) is 14.4. The molecule has 2 atom stereocenters. The molecule has 0 aliphatic carbocycles. The first-order chi connectivity index (χ1) is 20.3. The molecule has 0 radical (unpaired) electrons. The van der Waals surface area contributed by atoms with Crippen molar-refractivity contribution >= 4 is 15.7 Å². The van der Waals surface area contributed by atoms with Crippen molar-refractivity contribution in [3.8, 4) is 5.69 Å². The fraction of sp³-hybridized carbons (Fsp3) is 0.387. The number of aliphatic hydroxyl groups is 2. The van der Waals surface area contributed by atoms with Gasteiger partial charge in [0.05, 0.1) is 28.5 Å². The van der Waals surface area contributed by atoms with Crippen molar-refractivity contribution in [1.29, 1.82) is 0 Å². The monoisotopic (exact) mass is 592 g/mol. The minimum atomic E-state index is -3.80. The first kappa shape index (κ1) is 31.3. The molecule has 0 unspecified atom stereocenters. The summed E-state index contributed by atoms with van der Waals surface area (Å²) in [6, 6.07) is 17.2. The highest BCUT2D eigenvalue weighted by Crippen LogP contribution is 2.23. The predicted molar refractivity (Wildman–Crippen MR) is 163 cm³/mol. The molecule has 0 saturated heterocycles. The van der Waals surface area contributed by atoms with Gasteiger partial charge in [0, 0.05) is 30.2 Å². The van der Waals surface area contributed by atoms with Crippen molar-refractivity contribution in [2.75, 3.05) is 17.8 Å². The lowest BCUT2D eigenvalue weighted by molar-refractivity contribution is 0.157. The van der Waals surface area contributed by atoms with E-state index in [0.717, 1.165) is 43.2 Å². The largest absolute Gasteiger partial charge is 0.387 e. The Balaban J connectivity index is 1.29. The summed E-state index contributed by atoms with van der Waals surface area (Å²) in [4.78, 5) is 5.57. The van der Waals surface area contributed by atoms with Crippen LogP contribution in [0.1, 0.15) is 73.8 Å². The van der Waals surface area contributed by atoms with Crippen LogP contribution in [0.5, 0.6) is 0 Å². The Bertz CT molecular complexity index is 1490. The van der Waals surface area contributed by atoms with Crippen LogP contribution in [-0.4, -0.2) is 51.7 Å². The minimum absolute atomic E-state index is 0.117. The summed E-state index contributed by atoms with van der Waals surface area (Å²) in [5.41, 5.74) is 4.07. The van der Waals surface area contributed by atoms with E-state index in [2.05, 4.69) is 32.1 Å². The lowest BCUT2D eigenvalue weighted by Crippen LogP contribution is -2.23. The fourth-order valence-corrected chi connectivity index (χ4v) is 5.65. The smallest absolute Gasteiger partial charge is 0.261 e. The highest BCUT2D eigenvalue weighted by atomic mass is 32.2. The predicted octanol–water partition coefficient (Wildman–Crippen LogP) is 4.64. The molecule has 10 nitrogen and oxygen atoms in total. The molecule has 0 aliphatic rings. The van der Waals surface area contributed by atoms with Crippen LogP contribution in [0, 0.1) is 6.92 Å². The van der Waals surface area contributed by atoms with Gasteiger partial charge < -0.3 is 15.5 Å². The third-order valence-electron chi connectivity index (χ3n) is 7.05. The van der Waals surface area contributed by atoms with Crippen LogP contribution >= 0.6 is 0 Å². The molecule has 224 valence electrons. The average Bonchev–Trinajstić information content (AvgIpc) is 3.40. The van der Waals surface area contributed by atoms with Gasteiger partial charge in [-0.2, -0.15) is 15.0 Å². The molecule has 2 aromatic heterocycles. The van der Waals surface area contributed by atoms with Crippen LogP contribution in [0.3, 0.4) is 0 Å². The summed E-state index contributed by atoms with van der Waals surface area (Å²) >= 11 is 0. The summed E-state index contributed by atoms with van der Waals surface area (Å²) < 4.78 is 28.6. The maximum absolute atomic E-state index is 13.0. The average molecular weight is 593 g/mol. The van der Waals surface area contributed by atoms with Gasteiger partial charge in [0.15, 0.2) is 0 Å². The zero-order valence-electron chi connectivity index (χ0n) is 24.1. The number of pyridine rings is 1. The standard InChI is InChI=1S/C31H40N6O4S/c1-3-4-5-6-9-29(38)31-23(2)34-37(35-31)27-14-16-28(17-15-27)42(40,41)36-26-12-10-24(11-13-26)18-20-33-22-30(39)25-8-7-19-32-21-25/h7-8,10-17,19,21,29-30,33,36,38-39H,3-6,9,18,20,22H2,1-2H3/t29-,30+/m1/s1. The van der Waals surface area contributed by atoms with E-state index in [0.29, 0.717) is 42.3 Å². The van der Waals surface area contributed by atoms with Gasteiger partial charge in [0.25, 0.3) is 10.0 Å². The maximum Gasteiger partial charge on any atom is 0.261 e. The number of rotatable bonds is 16. The van der Waals surface area contributed by atoms with Gasteiger partial charge in [0.2, 0.25) is 0 Å². The second-order valence-corrected chi connectivity index (χ2v) is 12.1. The second-order valence-electron chi connectivity index (χ2n) is 10.4. The second kappa shape index (κ2) is 15.0. The highest BCUT2D eigenvalue weighted by Gasteiger charge is 2.18. The van der Waals surface area contributed by atoms with Crippen LogP contribution in [0.2, 0.25) is 0 Å². The summed E-state index contributed by atoms with van der Waals surface area (Å²) in [5.74, 6) is 0. The van der Waals surface area contributed by atoms with Crippen molar-refractivity contribution in [2.24, 2.45) is 0 Å². The number of unbranched alkanes of at least 4 members (excludes halogenated alkanes) is 3. The van der Waals surface area contributed by atoms with E-state index in [1.54, 1.807) is 42.7 Å². The van der Waals surface area contributed by atoms with E-state index in [1.165, 1.54) is 16.9 Å². The number of hydrogen-bond acceptors (Lipinski definition) is 8. The topological polar surface area (TPSA) is 142 Å². The van der Waals surface area contributed by atoms with E-state index in [1.807, 2.05) is 25.1 Å². The number of nitrogens with one attached hydrogen (secondary N) is 2. The number of nitrogens with zero attached hydrogens (tertiary/aromatic N) is 4. The fourth-order valence-electron chi connectivity index (χ4n) is 4.59. The molecule has 4 aromatic rings. The van der Waals surface area contributed by atoms with Crippen LogP contribution in [-0.2, 0) is 16.4 Å². The summed E-state index contributed by atoms with van der Waals surface area (Å²) in [7, 11) is -3.80. The zero-order chi connectivity index (χ0) is 30.0. The number of anilines is 1. The normalized spacial score (nSPS) is 13.1. The molecule has 4 N–H and O–H groups in total. The third kappa shape index (κ3) is 8.68. The molecule has 42 heavy (non-hydrogen) atoms. The van der Waals surface area contributed by atoms with Crippen molar-refractivity contribution in [3.63, 3.8) is 0 Å². The number of sulfonamides is 1. The third-order valence-corrected chi connectivity index (χ3v) is 8.44. The Labute approximate surface area is 247 Å². The van der Waals surface area contributed by atoms with E-state index < -0.39 is 22.2 Å². The Morgan fingerprint density at radius 3 is 2.38 bits per heavy atom. The molecule has 0 saturated carbocycles. The first-order valence-corrected chi connectivity index (χ1v) is 15.9. The van der Waals surface area contributed by atoms with Gasteiger partial charge in [0.1, 0.15) is 5.69 Å². The Morgan fingerprint density at radius 1 is 0.929 bits per heavy atom. The summed E-state index contributed by atoms with van der Waals surface area (Å²) in [6.07, 6.45) is 7.67. The lowest BCUT2D eigenvalue weighted by atomic mass is 10.1. The lowest BCUT2D eigenvalue weighted by Gasteiger charge is -2.12. The van der Waals surface area contributed by atoms with Crippen molar-refractivity contribution in [3.05, 3.63) is 95.6 Å². The number of benzene rings is 2. The molecule has 2 heterocycles. The van der Waals surface area contributed by atoms with Crippen molar-refractivity contribution < 1.29 is 18.6 Å². The molecule has 0 aliphatic heterocycles. The number of aromatic nitrogens is 4. The van der Waals surface area contributed by atoms with Gasteiger partial charge in [-0.25, -0.2) is 8.42 Å². The highest BCUT2D eigenvalue weighted by molar-refractivity contribution is 7.92. The summed E-state index contributed by atoms with van der Waals surface area (Å²) in [6.45, 7) is 5.05. The molecular weight excluding hydrogens is 552 g/mol. The van der Waals surface area contributed by atoms with Crippen LogP contribution in [0.15, 0.2) is 78.0 Å².